The summed E-state index contributed by atoms with van der Waals surface area (Å²) >= 11 is 1.87. The van der Waals surface area contributed by atoms with E-state index in [0.29, 0.717) is 0 Å². The van der Waals surface area contributed by atoms with Crippen LogP contribution >= 0.6 is 11.8 Å². The maximum atomic E-state index is 9.28. The van der Waals surface area contributed by atoms with Crippen molar-refractivity contribution in [3.05, 3.63) is 23.8 Å². The Balaban J connectivity index is 2.28. The second kappa shape index (κ2) is 6.62. The summed E-state index contributed by atoms with van der Waals surface area (Å²) in [6.07, 6.45) is 3.79. The van der Waals surface area contributed by atoms with Crippen molar-refractivity contribution in [1.29, 1.82) is 0 Å². The Bertz CT molecular complexity index is 300. The van der Waals surface area contributed by atoms with E-state index in [1.165, 1.54) is 25.3 Å². The number of hydrogen-bond donors (Lipinski definition) is 2. The summed E-state index contributed by atoms with van der Waals surface area (Å²) in [6.45, 7) is 2.20. The average Bonchev–Trinajstić information content (AvgIpc) is 2.23. The smallest absolute Gasteiger partial charge is 0.157 e. The van der Waals surface area contributed by atoms with Crippen molar-refractivity contribution in [3.8, 4) is 11.5 Å². The van der Waals surface area contributed by atoms with Gasteiger partial charge in [0, 0.05) is 5.75 Å². The fraction of sp³-hybridized carbons (Fsp3) is 0.500. The molecule has 1 aromatic rings. The van der Waals surface area contributed by atoms with Gasteiger partial charge in [-0.3, -0.25) is 0 Å². The summed E-state index contributed by atoms with van der Waals surface area (Å²) in [5.41, 5.74) is 1.06. The van der Waals surface area contributed by atoms with Crippen molar-refractivity contribution in [2.45, 2.75) is 31.9 Å². The molecule has 84 valence electrons. The van der Waals surface area contributed by atoms with Gasteiger partial charge >= 0.3 is 0 Å². The predicted octanol–water partition coefficient (Wildman–Crippen LogP) is 3.52. The summed E-state index contributed by atoms with van der Waals surface area (Å²) < 4.78 is 0. The summed E-state index contributed by atoms with van der Waals surface area (Å²) in [5, 5.41) is 18.4. The first-order valence-electron chi connectivity index (χ1n) is 5.32. The van der Waals surface area contributed by atoms with Gasteiger partial charge in [0.1, 0.15) is 0 Å². The summed E-state index contributed by atoms with van der Waals surface area (Å²) in [7, 11) is 0. The zero-order chi connectivity index (χ0) is 11.1. The number of hydrogen-bond acceptors (Lipinski definition) is 3. The van der Waals surface area contributed by atoms with E-state index in [9.17, 15) is 5.11 Å². The van der Waals surface area contributed by atoms with E-state index in [1.54, 1.807) is 6.07 Å². The van der Waals surface area contributed by atoms with Gasteiger partial charge in [0.15, 0.2) is 11.5 Å². The minimum Gasteiger partial charge on any atom is -0.504 e. The Morgan fingerprint density at radius 1 is 1.13 bits per heavy atom. The van der Waals surface area contributed by atoms with E-state index in [0.717, 1.165) is 17.1 Å². The van der Waals surface area contributed by atoms with Crippen molar-refractivity contribution in [2.75, 3.05) is 5.75 Å². The molecule has 1 aromatic carbocycles. The SMILES string of the molecule is CCCCCSCc1ccc(O)c(O)c1. The van der Waals surface area contributed by atoms with Crippen LogP contribution in [0.1, 0.15) is 31.7 Å². The first kappa shape index (κ1) is 12.2. The third-order valence-electron chi connectivity index (χ3n) is 2.20. The van der Waals surface area contributed by atoms with Gasteiger partial charge in [-0.1, -0.05) is 25.8 Å². The second-order valence-electron chi connectivity index (χ2n) is 3.58. The number of rotatable bonds is 6. The molecule has 0 saturated heterocycles. The minimum absolute atomic E-state index is 0.0262. The largest absolute Gasteiger partial charge is 0.504 e. The predicted molar refractivity (Wildman–Crippen MR) is 65.5 cm³/mol. The van der Waals surface area contributed by atoms with Gasteiger partial charge in [-0.05, 0) is 29.9 Å². The molecule has 0 heterocycles. The Labute approximate surface area is 95.3 Å². The fourth-order valence-corrected chi connectivity index (χ4v) is 2.27. The Morgan fingerprint density at radius 3 is 2.60 bits per heavy atom. The lowest BCUT2D eigenvalue weighted by Crippen LogP contribution is -1.84. The lowest BCUT2D eigenvalue weighted by atomic mass is 10.2. The highest BCUT2D eigenvalue weighted by molar-refractivity contribution is 7.98. The zero-order valence-corrected chi connectivity index (χ0v) is 9.89. The zero-order valence-electron chi connectivity index (χ0n) is 9.07. The average molecular weight is 226 g/mol. The lowest BCUT2D eigenvalue weighted by Gasteiger charge is -2.03. The Kier molecular flexibility index (Phi) is 5.40. The molecule has 0 aromatic heterocycles. The molecule has 0 spiro atoms. The molecule has 0 aliphatic carbocycles. The van der Waals surface area contributed by atoms with E-state index in [2.05, 4.69) is 6.92 Å². The summed E-state index contributed by atoms with van der Waals surface area (Å²) in [4.78, 5) is 0. The highest BCUT2D eigenvalue weighted by Gasteiger charge is 2.00. The molecule has 15 heavy (non-hydrogen) atoms. The molecule has 2 N–H and O–H groups in total. The molecule has 0 radical (unpaired) electrons. The molecule has 2 nitrogen and oxygen atoms in total. The first-order valence-corrected chi connectivity index (χ1v) is 6.48. The van der Waals surface area contributed by atoms with E-state index >= 15 is 0 Å². The van der Waals surface area contributed by atoms with Crippen molar-refractivity contribution >= 4 is 11.8 Å². The van der Waals surface area contributed by atoms with Crippen LogP contribution in [0.15, 0.2) is 18.2 Å². The van der Waals surface area contributed by atoms with Crippen LogP contribution in [0.5, 0.6) is 11.5 Å². The molecule has 0 fully saturated rings. The molecule has 1 rings (SSSR count). The van der Waals surface area contributed by atoms with E-state index < -0.39 is 0 Å². The number of phenolic OH excluding ortho intramolecular Hbond substituents is 2. The van der Waals surface area contributed by atoms with Gasteiger partial charge in [0.05, 0.1) is 0 Å². The molecule has 0 saturated carbocycles. The van der Waals surface area contributed by atoms with E-state index in [4.69, 9.17) is 5.11 Å². The Hall–Kier alpha value is -0.830. The second-order valence-corrected chi connectivity index (χ2v) is 4.69. The van der Waals surface area contributed by atoms with Crippen LogP contribution < -0.4 is 0 Å². The standard InChI is InChI=1S/C12H18O2S/c1-2-3-4-7-15-9-10-5-6-11(13)12(14)8-10/h5-6,8,13-14H,2-4,7,9H2,1H3. The van der Waals surface area contributed by atoms with Crippen molar-refractivity contribution < 1.29 is 10.2 Å². The van der Waals surface area contributed by atoms with E-state index in [1.807, 2.05) is 17.8 Å². The highest BCUT2D eigenvalue weighted by atomic mass is 32.2. The lowest BCUT2D eigenvalue weighted by molar-refractivity contribution is 0.403. The van der Waals surface area contributed by atoms with Crippen LogP contribution in [0.2, 0.25) is 0 Å². The van der Waals surface area contributed by atoms with Crippen LogP contribution in [0.3, 0.4) is 0 Å². The van der Waals surface area contributed by atoms with Crippen LogP contribution in [-0.2, 0) is 5.75 Å². The van der Waals surface area contributed by atoms with Gasteiger partial charge in [0.2, 0.25) is 0 Å². The first-order chi connectivity index (χ1) is 7.24. The van der Waals surface area contributed by atoms with Crippen molar-refractivity contribution in [3.63, 3.8) is 0 Å². The van der Waals surface area contributed by atoms with Gasteiger partial charge in [0.25, 0.3) is 0 Å². The topological polar surface area (TPSA) is 40.5 Å². The fourth-order valence-electron chi connectivity index (χ4n) is 1.30. The quantitative estimate of drug-likeness (QED) is 0.576. The van der Waals surface area contributed by atoms with E-state index in [-0.39, 0.29) is 11.5 Å². The van der Waals surface area contributed by atoms with Crippen LogP contribution in [0, 0.1) is 0 Å². The number of unbranched alkanes of at least 4 members (excludes halogenated alkanes) is 2. The van der Waals surface area contributed by atoms with Crippen molar-refractivity contribution in [1.82, 2.24) is 0 Å². The maximum absolute atomic E-state index is 9.28. The molecule has 3 heteroatoms. The third-order valence-corrected chi connectivity index (χ3v) is 3.32. The normalized spacial score (nSPS) is 10.5. The van der Waals surface area contributed by atoms with Crippen LogP contribution in [0.4, 0.5) is 0 Å². The number of aromatic hydroxyl groups is 2. The number of phenols is 2. The number of benzene rings is 1. The molecule has 0 aliphatic rings. The molecule has 0 unspecified atom stereocenters. The number of thioether (sulfide) groups is 1. The Morgan fingerprint density at radius 2 is 1.93 bits per heavy atom. The third kappa shape index (κ3) is 4.47. The monoisotopic (exact) mass is 226 g/mol. The summed E-state index contributed by atoms with van der Waals surface area (Å²) in [5.74, 6) is 1.99. The van der Waals surface area contributed by atoms with Crippen LogP contribution in [-0.4, -0.2) is 16.0 Å². The highest BCUT2D eigenvalue weighted by Crippen LogP contribution is 2.26. The molecular formula is C12H18O2S. The van der Waals surface area contributed by atoms with Crippen molar-refractivity contribution in [2.24, 2.45) is 0 Å². The van der Waals surface area contributed by atoms with Gasteiger partial charge < -0.3 is 10.2 Å². The van der Waals surface area contributed by atoms with Gasteiger partial charge in [-0.2, -0.15) is 11.8 Å². The summed E-state index contributed by atoms with van der Waals surface area (Å²) in [6, 6.07) is 5.02. The molecular weight excluding hydrogens is 208 g/mol. The molecule has 0 amide bonds. The molecule has 0 atom stereocenters. The molecule has 0 bridgehead atoms. The molecule has 0 aliphatic heterocycles. The van der Waals surface area contributed by atoms with Crippen LogP contribution in [0.25, 0.3) is 0 Å². The van der Waals surface area contributed by atoms with Gasteiger partial charge in [-0.25, -0.2) is 0 Å². The maximum Gasteiger partial charge on any atom is 0.157 e. The minimum atomic E-state index is -0.0465. The van der Waals surface area contributed by atoms with Gasteiger partial charge in [-0.15, -0.1) is 0 Å².